The van der Waals surface area contributed by atoms with Gasteiger partial charge in [0, 0.05) is 5.56 Å². The number of hydrogen-bond donors (Lipinski definition) is 1. The largest absolute Gasteiger partial charge is 0.493 e. The number of unbranched alkanes of at least 4 members (excludes halogenated alkanes) is 2. The zero-order valence-corrected chi connectivity index (χ0v) is 14.2. The van der Waals surface area contributed by atoms with E-state index in [0.29, 0.717) is 13.2 Å². The minimum absolute atomic E-state index is 0.181. The first-order chi connectivity index (χ1) is 11.6. The van der Waals surface area contributed by atoms with E-state index in [-0.39, 0.29) is 18.2 Å². The number of aliphatic imine (C=N–C) groups is 1. The van der Waals surface area contributed by atoms with Gasteiger partial charge in [0.15, 0.2) is 0 Å². The van der Waals surface area contributed by atoms with Crippen LogP contribution < -0.4 is 10.1 Å². The highest BCUT2D eigenvalue weighted by Crippen LogP contribution is 2.35. The highest BCUT2D eigenvalue weighted by molar-refractivity contribution is 6.07. The maximum absolute atomic E-state index is 12.0. The van der Waals surface area contributed by atoms with Crippen LogP contribution in [0.3, 0.4) is 0 Å². The molecule has 1 aromatic carbocycles. The molecule has 128 valence electrons. The van der Waals surface area contributed by atoms with Crippen LogP contribution in [-0.2, 0) is 16.1 Å². The monoisotopic (exact) mass is 329 g/mol. The van der Waals surface area contributed by atoms with Gasteiger partial charge in [-0.3, -0.25) is 14.9 Å². The van der Waals surface area contributed by atoms with Crippen LogP contribution in [0.15, 0.2) is 23.2 Å². The molecule has 1 saturated heterocycles. The fourth-order valence-electron chi connectivity index (χ4n) is 3.14. The van der Waals surface area contributed by atoms with Crippen LogP contribution in [0.5, 0.6) is 5.75 Å². The number of carbonyl (C=O) groups excluding carboxylic acids is 2. The highest BCUT2D eigenvalue weighted by atomic mass is 16.5. The summed E-state index contributed by atoms with van der Waals surface area (Å²) in [6.45, 7) is 5.23. The number of rotatable bonds is 6. The van der Waals surface area contributed by atoms with Gasteiger partial charge in [-0.25, -0.2) is 4.99 Å². The average molecular weight is 329 g/mol. The van der Waals surface area contributed by atoms with Crippen molar-refractivity contribution in [2.75, 3.05) is 6.61 Å². The summed E-state index contributed by atoms with van der Waals surface area (Å²) in [5.74, 6) is 1.09. The number of benzene rings is 1. The maximum atomic E-state index is 12.0. The van der Waals surface area contributed by atoms with E-state index in [4.69, 9.17) is 4.74 Å². The number of amidine groups is 1. The summed E-state index contributed by atoms with van der Waals surface area (Å²) in [5, 5.41) is 2.37. The Labute approximate surface area is 141 Å². The molecule has 6 nitrogen and oxygen atoms in total. The Balaban J connectivity index is 1.80. The Morgan fingerprint density at radius 1 is 1.33 bits per heavy atom. The lowest BCUT2D eigenvalue weighted by Gasteiger charge is -2.33. The van der Waals surface area contributed by atoms with Gasteiger partial charge in [-0.1, -0.05) is 25.8 Å². The third kappa shape index (κ3) is 3.27. The number of hydrogen-bond acceptors (Lipinski definition) is 5. The standard InChI is InChI=1S/C18H23N3O3/c1-3-4-5-9-24-16-8-6-7-14-13(16)11-21(12(2)19-14)15-10-17(22)20-18(15)23/h6-8,15H,3-5,9-11H2,1-2H3,(H,20,22,23). The van der Waals surface area contributed by atoms with Crippen molar-refractivity contribution in [2.24, 2.45) is 4.99 Å². The van der Waals surface area contributed by atoms with E-state index < -0.39 is 6.04 Å². The van der Waals surface area contributed by atoms with Gasteiger partial charge < -0.3 is 9.64 Å². The second kappa shape index (κ2) is 7.03. The molecule has 1 unspecified atom stereocenters. The van der Waals surface area contributed by atoms with Crippen molar-refractivity contribution in [3.8, 4) is 5.75 Å². The van der Waals surface area contributed by atoms with Crippen LogP contribution in [0.25, 0.3) is 0 Å². The third-order valence-electron chi connectivity index (χ3n) is 4.46. The average Bonchev–Trinajstić information content (AvgIpc) is 2.89. The summed E-state index contributed by atoms with van der Waals surface area (Å²) in [6.07, 6.45) is 3.49. The molecule has 1 aromatic rings. The third-order valence-corrected chi connectivity index (χ3v) is 4.46. The molecule has 1 N–H and O–H groups in total. The molecular weight excluding hydrogens is 306 g/mol. The first-order valence-electron chi connectivity index (χ1n) is 8.50. The van der Waals surface area contributed by atoms with Crippen molar-refractivity contribution in [1.82, 2.24) is 10.2 Å². The molecule has 0 spiro atoms. The van der Waals surface area contributed by atoms with Crippen molar-refractivity contribution in [2.45, 2.75) is 52.1 Å². The minimum atomic E-state index is -0.484. The van der Waals surface area contributed by atoms with E-state index in [0.717, 1.165) is 42.1 Å². The van der Waals surface area contributed by atoms with Crippen molar-refractivity contribution in [3.05, 3.63) is 23.8 Å². The summed E-state index contributed by atoms with van der Waals surface area (Å²) >= 11 is 0. The van der Waals surface area contributed by atoms with E-state index in [1.807, 2.05) is 30.0 Å². The van der Waals surface area contributed by atoms with Crippen LogP contribution in [0.1, 0.15) is 45.1 Å². The normalized spacial score (nSPS) is 19.8. The van der Waals surface area contributed by atoms with Crippen molar-refractivity contribution in [3.63, 3.8) is 0 Å². The molecule has 0 aromatic heterocycles. The molecule has 0 saturated carbocycles. The number of carbonyl (C=O) groups is 2. The smallest absolute Gasteiger partial charge is 0.249 e. The summed E-state index contributed by atoms with van der Waals surface area (Å²) < 4.78 is 5.94. The Hall–Kier alpha value is -2.37. The molecule has 0 aliphatic carbocycles. The summed E-state index contributed by atoms with van der Waals surface area (Å²) in [5.41, 5.74) is 1.85. The molecule has 24 heavy (non-hydrogen) atoms. The van der Waals surface area contributed by atoms with Gasteiger partial charge in [0.2, 0.25) is 11.8 Å². The molecule has 2 aliphatic rings. The molecule has 2 amide bonds. The zero-order chi connectivity index (χ0) is 17.1. The van der Waals surface area contributed by atoms with Gasteiger partial charge in [0.25, 0.3) is 0 Å². The predicted molar refractivity (Wildman–Crippen MR) is 91.3 cm³/mol. The van der Waals surface area contributed by atoms with Crippen LogP contribution in [0, 0.1) is 0 Å². The Morgan fingerprint density at radius 3 is 2.88 bits per heavy atom. The number of imide groups is 1. The fraction of sp³-hybridized carbons (Fsp3) is 0.500. The number of ether oxygens (including phenoxy) is 1. The first-order valence-corrected chi connectivity index (χ1v) is 8.50. The molecule has 2 aliphatic heterocycles. The van der Waals surface area contributed by atoms with E-state index >= 15 is 0 Å². The molecule has 0 radical (unpaired) electrons. The van der Waals surface area contributed by atoms with E-state index in [1.165, 1.54) is 0 Å². The zero-order valence-electron chi connectivity index (χ0n) is 14.2. The molecule has 1 atom stereocenters. The Bertz CT molecular complexity index is 684. The quantitative estimate of drug-likeness (QED) is 0.643. The molecule has 0 bridgehead atoms. The van der Waals surface area contributed by atoms with E-state index in [1.54, 1.807) is 0 Å². The fourth-order valence-corrected chi connectivity index (χ4v) is 3.14. The lowest BCUT2D eigenvalue weighted by Crippen LogP contribution is -2.44. The molecular formula is C18H23N3O3. The Morgan fingerprint density at radius 2 is 2.17 bits per heavy atom. The molecule has 1 fully saturated rings. The van der Waals surface area contributed by atoms with Gasteiger partial charge in [0.05, 0.1) is 25.3 Å². The van der Waals surface area contributed by atoms with Crippen molar-refractivity contribution >= 4 is 23.3 Å². The van der Waals surface area contributed by atoms with Crippen molar-refractivity contribution in [1.29, 1.82) is 0 Å². The number of nitrogens with zero attached hydrogens (tertiary/aromatic N) is 2. The summed E-state index contributed by atoms with van der Waals surface area (Å²) in [4.78, 5) is 30.0. The second-order valence-electron chi connectivity index (χ2n) is 6.23. The van der Waals surface area contributed by atoms with Gasteiger partial charge in [-0.15, -0.1) is 0 Å². The lowest BCUT2D eigenvalue weighted by atomic mass is 10.1. The summed E-state index contributed by atoms with van der Waals surface area (Å²) in [6, 6.07) is 5.35. The number of amides is 2. The predicted octanol–water partition coefficient (Wildman–Crippen LogP) is 2.54. The number of fused-ring (bicyclic) bond motifs is 1. The van der Waals surface area contributed by atoms with Gasteiger partial charge in [-0.05, 0) is 25.5 Å². The maximum Gasteiger partial charge on any atom is 0.249 e. The molecule has 6 heteroatoms. The SMILES string of the molecule is CCCCCOc1cccc2c1CN(C1CC(=O)NC1=O)C(C)=N2. The highest BCUT2D eigenvalue weighted by Gasteiger charge is 2.37. The summed E-state index contributed by atoms with van der Waals surface area (Å²) in [7, 11) is 0. The first kappa shape index (κ1) is 16.5. The van der Waals surface area contributed by atoms with E-state index in [9.17, 15) is 9.59 Å². The minimum Gasteiger partial charge on any atom is -0.493 e. The van der Waals surface area contributed by atoms with E-state index in [2.05, 4.69) is 17.2 Å². The van der Waals surface area contributed by atoms with Crippen LogP contribution in [0.2, 0.25) is 0 Å². The second-order valence-corrected chi connectivity index (χ2v) is 6.23. The van der Waals surface area contributed by atoms with Crippen LogP contribution in [-0.4, -0.2) is 35.2 Å². The van der Waals surface area contributed by atoms with Crippen LogP contribution >= 0.6 is 0 Å². The van der Waals surface area contributed by atoms with Gasteiger partial charge in [-0.2, -0.15) is 0 Å². The Kier molecular flexibility index (Phi) is 4.83. The molecule has 2 heterocycles. The molecule has 3 rings (SSSR count). The van der Waals surface area contributed by atoms with Gasteiger partial charge in [0.1, 0.15) is 17.6 Å². The van der Waals surface area contributed by atoms with Crippen LogP contribution in [0.4, 0.5) is 5.69 Å². The lowest BCUT2D eigenvalue weighted by molar-refractivity contribution is -0.125. The topological polar surface area (TPSA) is 71.0 Å². The van der Waals surface area contributed by atoms with Crippen molar-refractivity contribution < 1.29 is 14.3 Å². The van der Waals surface area contributed by atoms with Gasteiger partial charge >= 0.3 is 0 Å². The number of nitrogens with one attached hydrogen (secondary N) is 1.